The SMILES string of the molecule is CCOC(=O)CCCC[C@@H](Cl)CCCl. The highest BCUT2D eigenvalue weighted by atomic mass is 35.5. The molecule has 0 amide bonds. The van der Waals surface area contributed by atoms with Gasteiger partial charge in [0.1, 0.15) is 0 Å². The minimum absolute atomic E-state index is 0.115. The van der Waals surface area contributed by atoms with E-state index in [0.29, 0.717) is 18.9 Å². The number of unbranched alkanes of at least 4 members (excludes halogenated alkanes) is 1. The van der Waals surface area contributed by atoms with Crippen LogP contribution in [0.3, 0.4) is 0 Å². The van der Waals surface area contributed by atoms with Crippen LogP contribution >= 0.6 is 23.2 Å². The molecule has 2 nitrogen and oxygen atoms in total. The zero-order chi connectivity index (χ0) is 10.8. The Kier molecular flexibility index (Phi) is 9.63. The average Bonchev–Trinajstić information content (AvgIpc) is 2.13. The summed E-state index contributed by atoms with van der Waals surface area (Å²) in [6.45, 7) is 2.27. The number of carbonyl (C=O) groups excluding carboxylic acids is 1. The molecule has 14 heavy (non-hydrogen) atoms. The summed E-state index contributed by atoms with van der Waals surface area (Å²) in [6, 6.07) is 0. The van der Waals surface area contributed by atoms with E-state index in [0.717, 1.165) is 25.7 Å². The summed E-state index contributed by atoms with van der Waals surface area (Å²) in [5, 5.41) is 0.148. The van der Waals surface area contributed by atoms with E-state index >= 15 is 0 Å². The van der Waals surface area contributed by atoms with E-state index in [-0.39, 0.29) is 11.3 Å². The Labute approximate surface area is 95.9 Å². The van der Waals surface area contributed by atoms with Crippen molar-refractivity contribution in [1.82, 2.24) is 0 Å². The summed E-state index contributed by atoms with van der Waals surface area (Å²) < 4.78 is 4.80. The van der Waals surface area contributed by atoms with Crippen LogP contribution < -0.4 is 0 Å². The molecule has 0 unspecified atom stereocenters. The highest BCUT2D eigenvalue weighted by molar-refractivity contribution is 6.22. The van der Waals surface area contributed by atoms with Crippen LogP contribution in [0.5, 0.6) is 0 Å². The largest absolute Gasteiger partial charge is 0.466 e. The lowest BCUT2D eigenvalue weighted by atomic mass is 10.1. The van der Waals surface area contributed by atoms with Gasteiger partial charge in [-0.3, -0.25) is 4.79 Å². The maximum absolute atomic E-state index is 10.9. The Bertz CT molecular complexity index is 151. The van der Waals surface area contributed by atoms with Crippen LogP contribution in [0.4, 0.5) is 0 Å². The zero-order valence-electron chi connectivity index (χ0n) is 8.60. The van der Waals surface area contributed by atoms with Gasteiger partial charge in [-0.25, -0.2) is 0 Å². The maximum atomic E-state index is 10.9. The number of hydrogen-bond donors (Lipinski definition) is 0. The van der Waals surface area contributed by atoms with Crippen LogP contribution in [0.25, 0.3) is 0 Å². The Morgan fingerprint density at radius 3 is 2.64 bits per heavy atom. The normalized spacial score (nSPS) is 12.5. The third kappa shape index (κ3) is 8.64. The molecule has 0 aliphatic carbocycles. The number of hydrogen-bond acceptors (Lipinski definition) is 2. The van der Waals surface area contributed by atoms with Crippen molar-refractivity contribution in [1.29, 1.82) is 0 Å². The van der Waals surface area contributed by atoms with Crippen molar-refractivity contribution >= 4 is 29.2 Å². The summed E-state index contributed by atoms with van der Waals surface area (Å²) in [5.74, 6) is 0.488. The fourth-order valence-electron chi connectivity index (χ4n) is 1.13. The molecule has 0 N–H and O–H groups in total. The molecule has 0 saturated carbocycles. The van der Waals surface area contributed by atoms with Crippen molar-refractivity contribution in [3.05, 3.63) is 0 Å². The number of halogens is 2. The van der Waals surface area contributed by atoms with Crippen molar-refractivity contribution in [3.63, 3.8) is 0 Å². The molecule has 0 heterocycles. The lowest BCUT2D eigenvalue weighted by molar-refractivity contribution is -0.143. The summed E-state index contributed by atoms with van der Waals surface area (Å²) in [4.78, 5) is 10.9. The van der Waals surface area contributed by atoms with E-state index in [2.05, 4.69) is 0 Å². The number of alkyl halides is 2. The van der Waals surface area contributed by atoms with Gasteiger partial charge in [0.05, 0.1) is 6.61 Å². The molecule has 4 heteroatoms. The summed E-state index contributed by atoms with van der Waals surface area (Å²) in [5.41, 5.74) is 0. The molecule has 0 bridgehead atoms. The highest BCUT2D eigenvalue weighted by Crippen LogP contribution is 2.13. The second-order valence-electron chi connectivity index (χ2n) is 3.13. The van der Waals surface area contributed by atoms with Crippen LogP contribution in [-0.2, 0) is 9.53 Å². The van der Waals surface area contributed by atoms with E-state index < -0.39 is 0 Å². The molecule has 0 fully saturated rings. The van der Waals surface area contributed by atoms with Crippen LogP contribution in [0, 0.1) is 0 Å². The number of ether oxygens (including phenoxy) is 1. The van der Waals surface area contributed by atoms with Gasteiger partial charge in [-0.2, -0.15) is 0 Å². The fraction of sp³-hybridized carbons (Fsp3) is 0.900. The van der Waals surface area contributed by atoms with Crippen LogP contribution in [0.1, 0.15) is 39.0 Å². The first-order chi connectivity index (χ1) is 6.70. The van der Waals surface area contributed by atoms with Gasteiger partial charge in [-0.15, -0.1) is 23.2 Å². The maximum Gasteiger partial charge on any atom is 0.305 e. The van der Waals surface area contributed by atoms with Gasteiger partial charge < -0.3 is 4.74 Å². The van der Waals surface area contributed by atoms with Gasteiger partial charge >= 0.3 is 5.97 Å². The first-order valence-corrected chi connectivity index (χ1v) is 6.03. The minimum atomic E-state index is -0.115. The van der Waals surface area contributed by atoms with Crippen molar-refractivity contribution < 1.29 is 9.53 Å². The van der Waals surface area contributed by atoms with E-state index in [1.807, 2.05) is 6.92 Å². The molecule has 0 aliphatic heterocycles. The first-order valence-electron chi connectivity index (χ1n) is 5.06. The van der Waals surface area contributed by atoms with E-state index in [1.54, 1.807) is 0 Å². The van der Waals surface area contributed by atoms with Crippen LogP contribution in [0.15, 0.2) is 0 Å². The lowest BCUT2D eigenvalue weighted by Crippen LogP contribution is -2.04. The van der Waals surface area contributed by atoms with Gasteiger partial charge in [0.15, 0.2) is 0 Å². The van der Waals surface area contributed by atoms with Gasteiger partial charge in [0.25, 0.3) is 0 Å². The third-order valence-corrected chi connectivity index (χ3v) is 2.53. The molecule has 0 saturated heterocycles. The Morgan fingerprint density at radius 1 is 1.36 bits per heavy atom. The van der Waals surface area contributed by atoms with Crippen LogP contribution in [-0.4, -0.2) is 23.8 Å². The molecular weight excluding hydrogens is 223 g/mol. The Balaban J connectivity index is 3.24. The minimum Gasteiger partial charge on any atom is -0.466 e. The quantitative estimate of drug-likeness (QED) is 0.370. The van der Waals surface area contributed by atoms with E-state index in [9.17, 15) is 4.79 Å². The lowest BCUT2D eigenvalue weighted by Gasteiger charge is -2.06. The molecule has 0 aliphatic rings. The van der Waals surface area contributed by atoms with Crippen molar-refractivity contribution in [2.24, 2.45) is 0 Å². The highest BCUT2D eigenvalue weighted by Gasteiger charge is 2.05. The Morgan fingerprint density at radius 2 is 2.07 bits per heavy atom. The molecular formula is C10H18Cl2O2. The van der Waals surface area contributed by atoms with Crippen molar-refractivity contribution in [2.45, 2.75) is 44.4 Å². The van der Waals surface area contributed by atoms with Crippen LogP contribution in [0.2, 0.25) is 0 Å². The smallest absolute Gasteiger partial charge is 0.305 e. The molecule has 84 valence electrons. The van der Waals surface area contributed by atoms with Gasteiger partial charge in [-0.1, -0.05) is 6.42 Å². The molecule has 0 aromatic carbocycles. The number of carbonyl (C=O) groups is 1. The van der Waals surface area contributed by atoms with Gasteiger partial charge in [0, 0.05) is 17.7 Å². The van der Waals surface area contributed by atoms with Crippen molar-refractivity contribution in [2.75, 3.05) is 12.5 Å². The summed E-state index contributed by atoms with van der Waals surface area (Å²) in [6.07, 6.45) is 4.07. The van der Waals surface area contributed by atoms with E-state index in [1.165, 1.54) is 0 Å². The van der Waals surface area contributed by atoms with Gasteiger partial charge in [0.2, 0.25) is 0 Å². The van der Waals surface area contributed by atoms with Gasteiger partial charge in [-0.05, 0) is 26.2 Å². The second kappa shape index (κ2) is 9.60. The molecule has 1 atom stereocenters. The van der Waals surface area contributed by atoms with E-state index in [4.69, 9.17) is 27.9 Å². The monoisotopic (exact) mass is 240 g/mol. The second-order valence-corrected chi connectivity index (χ2v) is 4.12. The molecule has 0 radical (unpaired) electrons. The predicted octanol–water partition coefficient (Wildman–Crippen LogP) is 3.35. The van der Waals surface area contributed by atoms with Crippen molar-refractivity contribution in [3.8, 4) is 0 Å². The average molecular weight is 241 g/mol. The summed E-state index contributed by atoms with van der Waals surface area (Å²) >= 11 is 11.5. The predicted molar refractivity (Wildman–Crippen MR) is 60.1 cm³/mol. The first kappa shape index (κ1) is 14.1. The molecule has 0 aromatic heterocycles. The Hall–Kier alpha value is 0.0500. The zero-order valence-corrected chi connectivity index (χ0v) is 10.1. The standard InChI is InChI=1S/C10H18Cl2O2/c1-2-14-10(13)6-4-3-5-9(12)7-8-11/h9H,2-8H2,1H3/t9-/m1/s1. The number of rotatable bonds is 8. The third-order valence-electron chi connectivity index (χ3n) is 1.88. The number of esters is 1. The molecule has 0 rings (SSSR count). The topological polar surface area (TPSA) is 26.3 Å². The fourth-order valence-corrected chi connectivity index (χ4v) is 1.77. The molecule has 0 aromatic rings. The summed E-state index contributed by atoms with van der Waals surface area (Å²) in [7, 11) is 0. The molecule has 0 spiro atoms.